The zero-order chi connectivity index (χ0) is 14.1. The summed E-state index contributed by atoms with van der Waals surface area (Å²) in [7, 11) is 1.78. The van der Waals surface area contributed by atoms with Gasteiger partial charge in [-0.05, 0) is 19.3 Å². The van der Waals surface area contributed by atoms with Gasteiger partial charge in [-0.25, -0.2) is 4.79 Å². The van der Waals surface area contributed by atoms with Gasteiger partial charge in [-0.3, -0.25) is 4.79 Å². The van der Waals surface area contributed by atoms with Crippen molar-refractivity contribution in [2.75, 3.05) is 20.1 Å². The van der Waals surface area contributed by atoms with Crippen LogP contribution in [0, 0.1) is 0 Å². The molecule has 0 aromatic rings. The number of unbranched alkanes of at least 4 members (excludes halogenated alkanes) is 1. The first-order valence-corrected chi connectivity index (χ1v) is 7.41. The van der Waals surface area contributed by atoms with Gasteiger partial charge in [0.15, 0.2) is 0 Å². The number of urea groups is 1. The molecule has 1 saturated carbocycles. The first-order valence-electron chi connectivity index (χ1n) is 7.41. The molecule has 0 radical (unpaired) electrons. The molecule has 0 atom stereocenters. The Morgan fingerprint density at radius 1 is 1.21 bits per heavy atom. The molecular formula is C14H27N3O2. The molecule has 1 rings (SSSR count). The SMILES string of the molecule is CCCCN(C)C(=O)CNC(=O)NC1CCCCC1. The Labute approximate surface area is 116 Å². The fourth-order valence-corrected chi connectivity index (χ4v) is 2.29. The molecule has 1 aliphatic rings. The van der Waals surface area contributed by atoms with Gasteiger partial charge < -0.3 is 15.5 Å². The van der Waals surface area contributed by atoms with Crippen molar-refractivity contribution in [3.05, 3.63) is 0 Å². The standard InChI is InChI=1S/C14H27N3O2/c1-3-4-10-17(2)13(18)11-15-14(19)16-12-8-6-5-7-9-12/h12H,3-11H2,1-2H3,(H2,15,16,19). The summed E-state index contributed by atoms with van der Waals surface area (Å²) < 4.78 is 0. The molecular weight excluding hydrogens is 242 g/mol. The summed E-state index contributed by atoms with van der Waals surface area (Å²) in [5, 5.41) is 5.58. The zero-order valence-electron chi connectivity index (χ0n) is 12.2. The zero-order valence-corrected chi connectivity index (χ0v) is 12.2. The summed E-state index contributed by atoms with van der Waals surface area (Å²) in [6, 6.07) is 0.0609. The molecule has 0 aromatic carbocycles. The van der Waals surface area contributed by atoms with Crippen molar-refractivity contribution in [2.24, 2.45) is 0 Å². The fraction of sp³-hybridized carbons (Fsp3) is 0.857. The molecule has 1 aliphatic carbocycles. The molecule has 0 heterocycles. The highest BCUT2D eigenvalue weighted by molar-refractivity contribution is 5.83. The van der Waals surface area contributed by atoms with E-state index in [-0.39, 0.29) is 24.5 Å². The number of amides is 3. The second-order valence-electron chi connectivity index (χ2n) is 5.33. The Kier molecular flexibility index (Phi) is 7.30. The fourth-order valence-electron chi connectivity index (χ4n) is 2.29. The van der Waals surface area contributed by atoms with Crippen LogP contribution in [0.15, 0.2) is 0 Å². The Bertz CT molecular complexity index is 288. The molecule has 0 unspecified atom stereocenters. The Hall–Kier alpha value is -1.26. The van der Waals surface area contributed by atoms with Crippen molar-refractivity contribution in [2.45, 2.75) is 57.9 Å². The molecule has 5 nitrogen and oxygen atoms in total. The predicted octanol–water partition coefficient (Wildman–Crippen LogP) is 1.88. The molecule has 19 heavy (non-hydrogen) atoms. The molecule has 0 aliphatic heterocycles. The van der Waals surface area contributed by atoms with E-state index in [1.807, 2.05) is 0 Å². The number of nitrogens with zero attached hydrogens (tertiary/aromatic N) is 1. The molecule has 1 fully saturated rings. The van der Waals surface area contributed by atoms with E-state index < -0.39 is 0 Å². The van der Waals surface area contributed by atoms with Crippen LogP contribution in [0.5, 0.6) is 0 Å². The van der Waals surface area contributed by atoms with E-state index in [4.69, 9.17) is 0 Å². The summed E-state index contributed by atoms with van der Waals surface area (Å²) in [4.78, 5) is 25.1. The van der Waals surface area contributed by atoms with Crippen LogP contribution < -0.4 is 10.6 Å². The maximum atomic E-state index is 11.7. The number of hydrogen-bond donors (Lipinski definition) is 2. The Morgan fingerprint density at radius 2 is 1.89 bits per heavy atom. The summed E-state index contributed by atoms with van der Waals surface area (Å²) in [5.41, 5.74) is 0. The van der Waals surface area contributed by atoms with E-state index in [1.165, 1.54) is 19.3 Å². The van der Waals surface area contributed by atoms with Crippen LogP contribution in [0.2, 0.25) is 0 Å². The average Bonchev–Trinajstić information content (AvgIpc) is 2.43. The summed E-state index contributed by atoms with van der Waals surface area (Å²) in [6.07, 6.45) is 7.80. The van der Waals surface area contributed by atoms with Crippen molar-refractivity contribution >= 4 is 11.9 Å². The highest BCUT2D eigenvalue weighted by Crippen LogP contribution is 2.16. The van der Waals surface area contributed by atoms with Crippen LogP contribution in [-0.2, 0) is 4.79 Å². The molecule has 0 bridgehead atoms. The minimum absolute atomic E-state index is 0.0350. The first kappa shape index (κ1) is 15.8. The van der Waals surface area contributed by atoms with Crippen molar-refractivity contribution in [1.29, 1.82) is 0 Å². The van der Waals surface area contributed by atoms with E-state index in [1.54, 1.807) is 11.9 Å². The summed E-state index contributed by atoms with van der Waals surface area (Å²) in [6.45, 7) is 2.92. The predicted molar refractivity (Wildman–Crippen MR) is 76.0 cm³/mol. The number of rotatable bonds is 6. The maximum Gasteiger partial charge on any atom is 0.315 e. The number of carbonyl (C=O) groups excluding carboxylic acids is 2. The van der Waals surface area contributed by atoms with Gasteiger partial charge in [-0.15, -0.1) is 0 Å². The largest absolute Gasteiger partial charge is 0.344 e. The maximum absolute atomic E-state index is 11.7. The van der Waals surface area contributed by atoms with Crippen molar-refractivity contribution in [3.8, 4) is 0 Å². The highest BCUT2D eigenvalue weighted by Gasteiger charge is 2.16. The number of likely N-dealkylation sites (N-methyl/N-ethyl adjacent to an activating group) is 1. The quantitative estimate of drug-likeness (QED) is 0.773. The smallest absolute Gasteiger partial charge is 0.315 e. The number of nitrogens with one attached hydrogen (secondary N) is 2. The average molecular weight is 269 g/mol. The second-order valence-corrected chi connectivity index (χ2v) is 5.33. The number of hydrogen-bond acceptors (Lipinski definition) is 2. The summed E-state index contributed by atoms with van der Waals surface area (Å²) in [5.74, 6) is -0.0350. The molecule has 0 spiro atoms. The van der Waals surface area contributed by atoms with Gasteiger partial charge in [0.25, 0.3) is 0 Å². The van der Waals surface area contributed by atoms with E-state index >= 15 is 0 Å². The lowest BCUT2D eigenvalue weighted by Gasteiger charge is -2.23. The van der Waals surface area contributed by atoms with Crippen LogP contribution in [0.25, 0.3) is 0 Å². The molecule has 5 heteroatoms. The minimum atomic E-state index is -0.218. The van der Waals surface area contributed by atoms with E-state index in [2.05, 4.69) is 17.6 Å². The van der Waals surface area contributed by atoms with E-state index in [9.17, 15) is 9.59 Å². The monoisotopic (exact) mass is 269 g/mol. The third-order valence-corrected chi connectivity index (χ3v) is 3.61. The van der Waals surface area contributed by atoms with Crippen LogP contribution in [0.4, 0.5) is 4.79 Å². The normalized spacial score (nSPS) is 15.9. The van der Waals surface area contributed by atoms with E-state index in [0.29, 0.717) is 0 Å². The molecule has 0 aromatic heterocycles. The lowest BCUT2D eigenvalue weighted by molar-refractivity contribution is -0.128. The Morgan fingerprint density at radius 3 is 2.53 bits per heavy atom. The van der Waals surface area contributed by atoms with Gasteiger partial charge >= 0.3 is 6.03 Å². The second kappa shape index (κ2) is 8.77. The van der Waals surface area contributed by atoms with Crippen LogP contribution in [0.3, 0.4) is 0 Å². The van der Waals surface area contributed by atoms with Gasteiger partial charge in [0.1, 0.15) is 0 Å². The molecule has 2 N–H and O–H groups in total. The van der Waals surface area contributed by atoms with Crippen LogP contribution in [0.1, 0.15) is 51.9 Å². The minimum Gasteiger partial charge on any atom is -0.344 e. The van der Waals surface area contributed by atoms with Crippen molar-refractivity contribution in [3.63, 3.8) is 0 Å². The Balaban J connectivity index is 2.16. The molecule has 3 amide bonds. The number of carbonyl (C=O) groups is 2. The summed E-state index contributed by atoms with van der Waals surface area (Å²) >= 11 is 0. The topological polar surface area (TPSA) is 61.4 Å². The highest BCUT2D eigenvalue weighted by atomic mass is 16.2. The van der Waals surface area contributed by atoms with Gasteiger partial charge in [0.2, 0.25) is 5.91 Å². The van der Waals surface area contributed by atoms with Crippen LogP contribution in [-0.4, -0.2) is 43.0 Å². The van der Waals surface area contributed by atoms with Gasteiger partial charge in [-0.1, -0.05) is 32.6 Å². The first-order chi connectivity index (χ1) is 9.13. The third kappa shape index (κ3) is 6.45. The molecule has 0 saturated heterocycles. The lowest BCUT2D eigenvalue weighted by atomic mass is 9.96. The van der Waals surface area contributed by atoms with Crippen LogP contribution >= 0.6 is 0 Å². The van der Waals surface area contributed by atoms with Gasteiger partial charge in [0.05, 0.1) is 6.54 Å². The van der Waals surface area contributed by atoms with E-state index in [0.717, 1.165) is 32.2 Å². The third-order valence-electron chi connectivity index (χ3n) is 3.61. The lowest BCUT2D eigenvalue weighted by Crippen LogP contribution is -2.46. The van der Waals surface area contributed by atoms with Gasteiger partial charge in [0, 0.05) is 19.6 Å². The molecule has 110 valence electrons. The van der Waals surface area contributed by atoms with Gasteiger partial charge in [-0.2, -0.15) is 0 Å². The van der Waals surface area contributed by atoms with Crippen molar-refractivity contribution < 1.29 is 9.59 Å². The van der Waals surface area contributed by atoms with Crippen molar-refractivity contribution in [1.82, 2.24) is 15.5 Å².